The van der Waals surface area contributed by atoms with Crippen molar-refractivity contribution in [3.63, 3.8) is 0 Å². The van der Waals surface area contributed by atoms with Gasteiger partial charge in [-0.2, -0.15) is 3.71 Å². The van der Waals surface area contributed by atoms with Crippen molar-refractivity contribution < 1.29 is 14.3 Å². The summed E-state index contributed by atoms with van der Waals surface area (Å²) in [6, 6.07) is -0.264. The number of hydrogen-bond acceptors (Lipinski definition) is 7. The molecule has 0 amide bonds. The molecule has 0 unspecified atom stereocenters. The maximum absolute atomic E-state index is 11.6. The highest BCUT2D eigenvalue weighted by Gasteiger charge is 2.21. The van der Waals surface area contributed by atoms with Gasteiger partial charge in [-0.05, 0) is 19.4 Å². The molecule has 0 aromatic rings. The van der Waals surface area contributed by atoms with Crippen LogP contribution in [0.3, 0.4) is 0 Å². The second-order valence-corrected chi connectivity index (χ2v) is 4.64. The Morgan fingerprint density at radius 3 is 2.44 bits per heavy atom. The van der Waals surface area contributed by atoms with E-state index in [9.17, 15) is 4.79 Å². The lowest BCUT2D eigenvalue weighted by Gasteiger charge is -2.21. The van der Waals surface area contributed by atoms with E-state index in [0.29, 0.717) is 19.8 Å². The molecule has 1 atom stereocenters. The Hall–Kier alpha value is 0.0500. The van der Waals surface area contributed by atoms with Crippen LogP contribution in [-0.4, -0.2) is 54.6 Å². The Morgan fingerprint density at radius 2 is 1.94 bits per heavy atom. The van der Waals surface area contributed by atoms with Gasteiger partial charge in [-0.1, -0.05) is 23.9 Å². The molecular formula is C9H20N2O3S2. The smallest absolute Gasteiger partial charge is 0.325 e. The van der Waals surface area contributed by atoms with Crippen molar-refractivity contribution in [1.82, 2.24) is 3.71 Å². The van der Waals surface area contributed by atoms with Crippen LogP contribution in [0.4, 0.5) is 0 Å². The van der Waals surface area contributed by atoms with Crippen molar-refractivity contribution in [1.29, 1.82) is 0 Å². The number of carbonyl (C=O) groups excluding carboxylic acids is 1. The van der Waals surface area contributed by atoms with Crippen molar-refractivity contribution in [2.75, 3.05) is 38.9 Å². The summed E-state index contributed by atoms with van der Waals surface area (Å²) in [4.78, 5) is 11.6. The molecule has 0 heterocycles. The molecule has 96 valence electrons. The SMILES string of the molecule is CSN(SC)[C@@H](C)C(=O)OCCOCCN. The molecule has 0 aromatic heterocycles. The normalized spacial score (nSPS) is 12.8. The molecule has 0 saturated carbocycles. The van der Waals surface area contributed by atoms with Crippen LogP contribution < -0.4 is 5.73 Å². The Bertz CT molecular complexity index is 192. The first-order valence-corrected chi connectivity index (χ1v) is 7.35. The minimum atomic E-state index is -0.264. The van der Waals surface area contributed by atoms with Gasteiger partial charge in [0.15, 0.2) is 0 Å². The van der Waals surface area contributed by atoms with Crippen LogP contribution >= 0.6 is 23.9 Å². The molecule has 16 heavy (non-hydrogen) atoms. The van der Waals surface area contributed by atoms with E-state index in [1.54, 1.807) is 0 Å². The summed E-state index contributed by atoms with van der Waals surface area (Å²) in [7, 11) is 0. The summed E-state index contributed by atoms with van der Waals surface area (Å²) in [5, 5.41) is 0. The van der Waals surface area contributed by atoms with Crippen molar-refractivity contribution >= 4 is 29.9 Å². The highest BCUT2D eigenvalue weighted by Crippen LogP contribution is 2.20. The molecule has 5 nitrogen and oxygen atoms in total. The molecule has 7 heteroatoms. The molecule has 0 aliphatic carbocycles. The Morgan fingerprint density at radius 1 is 1.31 bits per heavy atom. The van der Waals surface area contributed by atoms with E-state index in [0.717, 1.165) is 0 Å². The predicted octanol–water partition coefficient (Wildman–Crippen LogP) is 0.751. The molecule has 0 aliphatic rings. The third-order valence-corrected chi connectivity index (χ3v) is 4.00. The zero-order valence-electron chi connectivity index (χ0n) is 9.97. The summed E-state index contributed by atoms with van der Waals surface area (Å²) in [6.45, 7) is 3.47. The number of rotatable bonds is 9. The fourth-order valence-corrected chi connectivity index (χ4v) is 2.38. The molecule has 0 spiro atoms. The van der Waals surface area contributed by atoms with Gasteiger partial charge < -0.3 is 15.2 Å². The number of ether oxygens (including phenoxy) is 2. The maximum atomic E-state index is 11.6. The standard InChI is InChI=1S/C9H20N2O3S2/c1-8(11(15-2)16-3)9(12)14-7-6-13-5-4-10/h8H,4-7,10H2,1-3H3/t8-/m0/s1. The topological polar surface area (TPSA) is 64.8 Å². The highest BCUT2D eigenvalue weighted by atomic mass is 32.2. The number of esters is 1. The first-order chi connectivity index (χ1) is 7.67. The van der Waals surface area contributed by atoms with Crippen LogP contribution in [0.25, 0.3) is 0 Å². The van der Waals surface area contributed by atoms with Crippen molar-refractivity contribution in [2.24, 2.45) is 5.73 Å². The van der Waals surface area contributed by atoms with Crippen molar-refractivity contribution in [3.05, 3.63) is 0 Å². The molecule has 0 radical (unpaired) electrons. The summed E-state index contributed by atoms with van der Waals surface area (Å²) in [6.07, 6.45) is 3.84. The van der Waals surface area contributed by atoms with E-state index in [4.69, 9.17) is 15.2 Å². The monoisotopic (exact) mass is 268 g/mol. The van der Waals surface area contributed by atoms with E-state index >= 15 is 0 Å². The fraction of sp³-hybridized carbons (Fsp3) is 0.889. The van der Waals surface area contributed by atoms with Gasteiger partial charge in [0.2, 0.25) is 0 Å². The van der Waals surface area contributed by atoms with Gasteiger partial charge in [-0.15, -0.1) is 0 Å². The first-order valence-electron chi connectivity index (χ1n) is 4.99. The Labute approximate surface area is 106 Å². The van der Waals surface area contributed by atoms with Gasteiger partial charge in [-0.25, -0.2) is 0 Å². The molecular weight excluding hydrogens is 248 g/mol. The molecule has 0 bridgehead atoms. The molecule has 0 aromatic carbocycles. The van der Waals surface area contributed by atoms with Crippen LogP contribution in [-0.2, 0) is 14.3 Å². The largest absolute Gasteiger partial charge is 0.462 e. The zero-order chi connectivity index (χ0) is 12.4. The van der Waals surface area contributed by atoms with Gasteiger partial charge in [0, 0.05) is 6.54 Å². The lowest BCUT2D eigenvalue weighted by Crippen LogP contribution is -2.31. The third-order valence-electron chi connectivity index (χ3n) is 1.75. The minimum absolute atomic E-state index is 0.236. The number of carbonyl (C=O) groups is 1. The predicted molar refractivity (Wildman–Crippen MR) is 69.2 cm³/mol. The average Bonchev–Trinajstić information content (AvgIpc) is 2.30. The van der Waals surface area contributed by atoms with Crippen molar-refractivity contribution in [3.8, 4) is 0 Å². The summed E-state index contributed by atoms with van der Waals surface area (Å²) in [5.41, 5.74) is 5.25. The Kier molecular flexibility index (Phi) is 10.3. The number of hydrogen-bond donors (Lipinski definition) is 1. The minimum Gasteiger partial charge on any atom is -0.462 e. The van der Waals surface area contributed by atoms with Gasteiger partial charge >= 0.3 is 5.97 Å². The van der Waals surface area contributed by atoms with Gasteiger partial charge in [-0.3, -0.25) is 4.79 Å². The quantitative estimate of drug-likeness (QED) is 0.376. The molecule has 0 aliphatic heterocycles. The fourth-order valence-electron chi connectivity index (χ4n) is 0.984. The lowest BCUT2D eigenvalue weighted by atomic mass is 10.4. The van der Waals surface area contributed by atoms with Crippen LogP contribution in [0.5, 0.6) is 0 Å². The second kappa shape index (κ2) is 10.2. The molecule has 0 saturated heterocycles. The number of nitrogens with two attached hydrogens (primary N) is 1. The maximum Gasteiger partial charge on any atom is 0.325 e. The third kappa shape index (κ3) is 6.59. The Balaban J connectivity index is 3.70. The highest BCUT2D eigenvalue weighted by molar-refractivity contribution is 8.11. The average molecular weight is 268 g/mol. The van der Waals surface area contributed by atoms with Crippen LogP contribution in [0.15, 0.2) is 0 Å². The van der Waals surface area contributed by atoms with Gasteiger partial charge in [0.25, 0.3) is 0 Å². The van der Waals surface area contributed by atoms with E-state index in [-0.39, 0.29) is 18.6 Å². The summed E-state index contributed by atoms with van der Waals surface area (Å²) in [5.74, 6) is -0.236. The number of nitrogens with zero attached hydrogens (tertiary/aromatic N) is 1. The van der Waals surface area contributed by atoms with E-state index in [2.05, 4.69) is 0 Å². The molecule has 0 rings (SSSR count). The lowest BCUT2D eigenvalue weighted by molar-refractivity contribution is -0.147. The summed E-state index contributed by atoms with van der Waals surface area (Å²) < 4.78 is 12.0. The summed E-state index contributed by atoms with van der Waals surface area (Å²) >= 11 is 3.00. The first kappa shape index (κ1) is 16.1. The molecule has 2 N–H and O–H groups in total. The van der Waals surface area contributed by atoms with E-state index in [1.165, 1.54) is 23.9 Å². The van der Waals surface area contributed by atoms with Crippen molar-refractivity contribution in [2.45, 2.75) is 13.0 Å². The van der Waals surface area contributed by atoms with Crippen LogP contribution in [0.2, 0.25) is 0 Å². The van der Waals surface area contributed by atoms with Gasteiger partial charge in [0.05, 0.1) is 13.2 Å². The van der Waals surface area contributed by atoms with Crippen LogP contribution in [0, 0.1) is 0 Å². The van der Waals surface area contributed by atoms with E-state index < -0.39 is 0 Å². The molecule has 0 fully saturated rings. The van der Waals surface area contributed by atoms with Crippen LogP contribution in [0.1, 0.15) is 6.92 Å². The van der Waals surface area contributed by atoms with E-state index in [1.807, 2.05) is 23.1 Å². The zero-order valence-corrected chi connectivity index (χ0v) is 11.6. The second-order valence-electron chi connectivity index (χ2n) is 2.90. The van der Waals surface area contributed by atoms with Gasteiger partial charge in [0.1, 0.15) is 12.6 Å².